The molecule has 1 fully saturated rings. The summed E-state index contributed by atoms with van der Waals surface area (Å²) < 4.78 is 0. The van der Waals surface area contributed by atoms with Crippen LogP contribution >= 0.6 is 28.6 Å². The first-order valence-electron chi connectivity index (χ1n) is 1.63. The summed E-state index contributed by atoms with van der Waals surface area (Å²) in [7, 11) is 0. The molecule has 0 aromatic carbocycles. The molecule has 0 saturated heterocycles. The Kier molecular flexibility index (Phi) is 0.925. The third kappa shape index (κ3) is 0.829. The van der Waals surface area contributed by atoms with Gasteiger partial charge < -0.3 is 0 Å². The van der Waals surface area contributed by atoms with Crippen LogP contribution in [0, 0.1) is 0 Å². The van der Waals surface area contributed by atoms with Crippen LogP contribution in [0.25, 0.3) is 0 Å². The molecule has 0 amide bonds. The van der Waals surface area contributed by atoms with Gasteiger partial charge in [0.15, 0.2) is 0 Å². The first-order valence-corrected chi connectivity index (χ1v) is 3.06. The van der Waals surface area contributed by atoms with Crippen molar-refractivity contribution in [3.05, 3.63) is 0 Å². The molecule has 2 heteroatoms. The molecule has 2 atom stereocenters. The zero-order valence-electron chi connectivity index (χ0n) is 2.69. The van der Waals surface area contributed by atoms with Crippen LogP contribution in [-0.2, 0) is 0 Å². The molecule has 0 aromatic heterocycles. The van der Waals surface area contributed by atoms with Gasteiger partial charge in [0.25, 0.3) is 0 Å². The predicted octanol–water partition coefficient (Wildman–Crippen LogP) is 1.45. The fourth-order valence-electron chi connectivity index (χ4n) is 0.152. The molecule has 0 aromatic rings. The van der Waals surface area contributed by atoms with Crippen LogP contribution in [-0.4, -0.2) is 10.1 Å². The summed E-state index contributed by atoms with van der Waals surface area (Å²) in [4.78, 5) is 0.728. The maximum Gasteiger partial charge on any atom is 0.0273 e. The highest BCUT2D eigenvalue weighted by Crippen LogP contribution is 2.34. The van der Waals surface area contributed by atoms with Crippen molar-refractivity contribution in [2.24, 2.45) is 0 Å². The summed E-state index contributed by atoms with van der Waals surface area (Å²) in [6, 6.07) is 0. The van der Waals surface area contributed by atoms with E-state index in [0.717, 1.165) is 4.83 Å². The second-order valence-corrected chi connectivity index (χ2v) is 3.16. The molecule has 0 aliphatic heterocycles. The molecular formula is C3H5BrS. The lowest BCUT2D eigenvalue weighted by molar-refractivity contribution is 1.53. The van der Waals surface area contributed by atoms with Crippen LogP contribution in [0.3, 0.4) is 0 Å². The minimum absolute atomic E-state index is 0.662. The van der Waals surface area contributed by atoms with Gasteiger partial charge in [0, 0.05) is 10.1 Å². The number of rotatable bonds is 0. The van der Waals surface area contributed by atoms with Crippen molar-refractivity contribution in [2.45, 2.75) is 16.5 Å². The summed E-state index contributed by atoms with van der Waals surface area (Å²) in [5, 5.41) is 0.662. The smallest absolute Gasteiger partial charge is 0.0273 e. The van der Waals surface area contributed by atoms with Crippen molar-refractivity contribution in [1.29, 1.82) is 0 Å². The lowest BCUT2D eigenvalue weighted by Gasteiger charge is -1.64. The Morgan fingerprint density at radius 1 is 1.80 bits per heavy atom. The first kappa shape index (κ1) is 4.00. The van der Waals surface area contributed by atoms with Crippen LogP contribution in [0.2, 0.25) is 0 Å². The molecule has 1 rings (SSSR count). The Bertz CT molecular complexity index is 40.2. The lowest BCUT2D eigenvalue weighted by atomic mass is 11.0. The normalized spacial score (nSPS) is 49.2. The van der Waals surface area contributed by atoms with E-state index in [-0.39, 0.29) is 0 Å². The molecule has 2 unspecified atom stereocenters. The zero-order chi connectivity index (χ0) is 3.86. The Morgan fingerprint density at radius 3 is 2.00 bits per heavy atom. The van der Waals surface area contributed by atoms with Crippen LogP contribution in [0.1, 0.15) is 6.42 Å². The molecule has 1 saturated carbocycles. The Balaban J connectivity index is 2.20. The fourth-order valence-corrected chi connectivity index (χ4v) is 1.07. The molecule has 1 aliphatic rings. The van der Waals surface area contributed by atoms with Gasteiger partial charge in [-0.1, -0.05) is 15.9 Å². The largest absolute Gasteiger partial charge is 0.175 e. The van der Waals surface area contributed by atoms with Gasteiger partial charge in [-0.15, -0.1) is 0 Å². The quantitative estimate of drug-likeness (QED) is 0.395. The second-order valence-electron chi connectivity index (χ2n) is 1.32. The Morgan fingerprint density at radius 2 is 2.00 bits per heavy atom. The minimum Gasteiger partial charge on any atom is -0.175 e. The average molecular weight is 153 g/mol. The van der Waals surface area contributed by atoms with E-state index in [1.54, 1.807) is 0 Å². The molecule has 0 bridgehead atoms. The molecule has 0 nitrogen and oxygen atoms in total. The van der Waals surface area contributed by atoms with E-state index < -0.39 is 0 Å². The van der Waals surface area contributed by atoms with Gasteiger partial charge >= 0.3 is 0 Å². The van der Waals surface area contributed by atoms with E-state index in [0.29, 0.717) is 5.25 Å². The predicted molar refractivity (Wildman–Crippen MR) is 30.1 cm³/mol. The van der Waals surface area contributed by atoms with E-state index in [1.807, 2.05) is 0 Å². The topological polar surface area (TPSA) is 0 Å². The van der Waals surface area contributed by atoms with Crippen LogP contribution in [0.15, 0.2) is 0 Å². The molecule has 0 radical (unpaired) electrons. The van der Waals surface area contributed by atoms with Crippen molar-refractivity contribution in [2.75, 3.05) is 0 Å². The zero-order valence-corrected chi connectivity index (χ0v) is 5.17. The van der Waals surface area contributed by atoms with E-state index in [2.05, 4.69) is 28.6 Å². The molecule has 5 heavy (non-hydrogen) atoms. The Labute approximate surface area is 45.5 Å². The maximum atomic E-state index is 4.13. The second kappa shape index (κ2) is 1.16. The van der Waals surface area contributed by atoms with Crippen molar-refractivity contribution in [1.82, 2.24) is 0 Å². The molecule has 0 spiro atoms. The van der Waals surface area contributed by atoms with E-state index >= 15 is 0 Å². The highest BCUT2D eigenvalue weighted by molar-refractivity contribution is 9.09. The van der Waals surface area contributed by atoms with Crippen molar-refractivity contribution in [3.63, 3.8) is 0 Å². The summed E-state index contributed by atoms with van der Waals surface area (Å²) in [6.07, 6.45) is 1.25. The fraction of sp³-hybridized carbons (Fsp3) is 1.00. The SMILES string of the molecule is SC1CC1Br. The third-order valence-corrected chi connectivity index (χ3v) is 2.67. The summed E-state index contributed by atoms with van der Waals surface area (Å²) in [5.74, 6) is 0. The van der Waals surface area contributed by atoms with Crippen LogP contribution < -0.4 is 0 Å². The average Bonchev–Trinajstić information content (AvgIpc) is 1.79. The summed E-state index contributed by atoms with van der Waals surface area (Å²) in [6.45, 7) is 0. The number of thiol groups is 1. The molecule has 0 heterocycles. The van der Waals surface area contributed by atoms with Gasteiger partial charge in [0.05, 0.1) is 0 Å². The highest BCUT2D eigenvalue weighted by atomic mass is 79.9. The standard InChI is InChI=1S/C3H5BrS/c4-2-1-3(2)5/h2-3,5H,1H2. The molecule has 0 N–H and O–H groups in total. The van der Waals surface area contributed by atoms with E-state index in [1.165, 1.54) is 6.42 Å². The third-order valence-electron chi connectivity index (χ3n) is 0.681. The summed E-state index contributed by atoms with van der Waals surface area (Å²) >= 11 is 7.50. The van der Waals surface area contributed by atoms with E-state index in [4.69, 9.17) is 0 Å². The van der Waals surface area contributed by atoms with Gasteiger partial charge in [-0.05, 0) is 6.42 Å². The number of hydrogen-bond acceptors (Lipinski definition) is 1. The molecule has 30 valence electrons. The number of halogens is 1. The van der Waals surface area contributed by atoms with E-state index in [9.17, 15) is 0 Å². The van der Waals surface area contributed by atoms with Crippen molar-refractivity contribution < 1.29 is 0 Å². The molecule has 1 aliphatic carbocycles. The number of alkyl halides is 1. The summed E-state index contributed by atoms with van der Waals surface area (Å²) in [5.41, 5.74) is 0. The molecular weight excluding hydrogens is 148 g/mol. The van der Waals surface area contributed by atoms with Gasteiger partial charge in [-0.25, -0.2) is 0 Å². The van der Waals surface area contributed by atoms with Gasteiger partial charge in [0.1, 0.15) is 0 Å². The van der Waals surface area contributed by atoms with Gasteiger partial charge in [-0.3, -0.25) is 0 Å². The Hall–Kier alpha value is 0.830. The monoisotopic (exact) mass is 152 g/mol. The highest BCUT2D eigenvalue weighted by Gasteiger charge is 2.30. The van der Waals surface area contributed by atoms with Crippen LogP contribution in [0.4, 0.5) is 0 Å². The van der Waals surface area contributed by atoms with Crippen molar-refractivity contribution >= 4 is 28.6 Å². The number of hydrogen-bond donors (Lipinski definition) is 1. The minimum atomic E-state index is 0.662. The van der Waals surface area contributed by atoms with Gasteiger partial charge in [0.2, 0.25) is 0 Å². The van der Waals surface area contributed by atoms with Gasteiger partial charge in [-0.2, -0.15) is 12.6 Å². The first-order chi connectivity index (χ1) is 2.30. The maximum absolute atomic E-state index is 4.13. The lowest BCUT2D eigenvalue weighted by Crippen LogP contribution is -1.63. The van der Waals surface area contributed by atoms with Crippen molar-refractivity contribution in [3.8, 4) is 0 Å². The van der Waals surface area contributed by atoms with Crippen LogP contribution in [0.5, 0.6) is 0 Å².